The number of hydrogen-bond acceptors (Lipinski definition) is 3. The quantitative estimate of drug-likeness (QED) is 0.728. The van der Waals surface area contributed by atoms with E-state index in [9.17, 15) is 9.59 Å². The molecule has 138 valence electrons. The highest BCUT2D eigenvalue weighted by atomic mass is 16.5. The lowest BCUT2D eigenvalue weighted by Crippen LogP contribution is -2.22. The topological polar surface area (TPSA) is 67.4 Å². The number of nitrogens with one attached hydrogen (secondary N) is 2. The van der Waals surface area contributed by atoms with E-state index in [1.54, 1.807) is 19.1 Å². The van der Waals surface area contributed by atoms with Crippen LogP contribution in [0.3, 0.4) is 0 Å². The van der Waals surface area contributed by atoms with E-state index in [4.69, 9.17) is 4.74 Å². The van der Waals surface area contributed by atoms with Crippen LogP contribution in [0.15, 0.2) is 48.5 Å². The van der Waals surface area contributed by atoms with E-state index in [0.717, 1.165) is 24.0 Å². The molecule has 1 atom stereocenters. The highest BCUT2D eigenvalue weighted by Crippen LogP contribution is 2.27. The fraction of sp³-hybridized carbons (Fsp3) is 0.333. The van der Waals surface area contributed by atoms with Gasteiger partial charge in [-0.15, -0.1) is 0 Å². The summed E-state index contributed by atoms with van der Waals surface area (Å²) in [5.74, 6) is -0.253. The third-order valence-electron chi connectivity index (χ3n) is 4.20. The van der Waals surface area contributed by atoms with Gasteiger partial charge in [-0.1, -0.05) is 49.7 Å². The minimum atomic E-state index is -0.507. The number of hydrogen-bond donors (Lipinski definition) is 2. The SMILES string of the molecule is CCCC(C(=O)Nc1cccc(NC(=O)OCC)c1C)c1ccccc1. The molecule has 2 amide bonds. The smallest absolute Gasteiger partial charge is 0.411 e. The van der Waals surface area contributed by atoms with Gasteiger partial charge in [0.05, 0.1) is 12.5 Å². The molecule has 1 unspecified atom stereocenters. The first-order chi connectivity index (χ1) is 12.6. The van der Waals surface area contributed by atoms with Crippen LogP contribution >= 0.6 is 0 Å². The number of anilines is 2. The maximum absolute atomic E-state index is 12.9. The Morgan fingerprint density at radius 2 is 1.62 bits per heavy atom. The van der Waals surface area contributed by atoms with E-state index in [1.807, 2.05) is 43.3 Å². The standard InChI is InChI=1S/C21H26N2O3/c1-4-10-17(16-11-7-6-8-12-16)20(24)22-18-13-9-14-19(15(18)3)23-21(25)26-5-2/h6-9,11-14,17H,4-5,10H2,1-3H3,(H,22,24)(H,23,25). The summed E-state index contributed by atoms with van der Waals surface area (Å²) < 4.78 is 4.91. The van der Waals surface area contributed by atoms with Gasteiger partial charge in [-0.3, -0.25) is 10.1 Å². The Hall–Kier alpha value is -2.82. The van der Waals surface area contributed by atoms with Gasteiger partial charge in [0, 0.05) is 11.4 Å². The van der Waals surface area contributed by atoms with E-state index in [1.165, 1.54) is 0 Å². The number of amides is 2. The Labute approximate surface area is 154 Å². The molecule has 0 aliphatic heterocycles. The molecule has 26 heavy (non-hydrogen) atoms. The highest BCUT2D eigenvalue weighted by Gasteiger charge is 2.20. The van der Waals surface area contributed by atoms with E-state index in [0.29, 0.717) is 18.0 Å². The van der Waals surface area contributed by atoms with Gasteiger partial charge in [0.2, 0.25) is 5.91 Å². The van der Waals surface area contributed by atoms with Crippen LogP contribution in [0.4, 0.5) is 16.2 Å². The van der Waals surface area contributed by atoms with E-state index >= 15 is 0 Å². The van der Waals surface area contributed by atoms with Gasteiger partial charge >= 0.3 is 6.09 Å². The van der Waals surface area contributed by atoms with Crippen LogP contribution in [-0.2, 0) is 9.53 Å². The summed E-state index contributed by atoms with van der Waals surface area (Å²) in [5.41, 5.74) is 3.09. The zero-order valence-corrected chi connectivity index (χ0v) is 15.5. The molecular formula is C21H26N2O3. The number of ether oxygens (including phenoxy) is 1. The Bertz CT molecular complexity index is 744. The van der Waals surface area contributed by atoms with Crippen LogP contribution in [0.2, 0.25) is 0 Å². The lowest BCUT2D eigenvalue weighted by Gasteiger charge is -2.18. The van der Waals surface area contributed by atoms with Gasteiger partial charge in [-0.25, -0.2) is 4.79 Å². The summed E-state index contributed by atoms with van der Waals surface area (Å²) in [5, 5.41) is 5.71. The van der Waals surface area contributed by atoms with Crippen molar-refractivity contribution in [1.82, 2.24) is 0 Å². The molecule has 2 rings (SSSR count). The monoisotopic (exact) mass is 354 g/mol. The number of carbonyl (C=O) groups is 2. The third-order valence-corrected chi connectivity index (χ3v) is 4.20. The van der Waals surface area contributed by atoms with E-state index in [2.05, 4.69) is 17.6 Å². The van der Waals surface area contributed by atoms with Crippen molar-refractivity contribution in [2.75, 3.05) is 17.2 Å². The molecule has 0 saturated carbocycles. The van der Waals surface area contributed by atoms with Crippen LogP contribution in [0.25, 0.3) is 0 Å². The van der Waals surface area contributed by atoms with E-state index < -0.39 is 6.09 Å². The molecule has 0 fully saturated rings. The molecule has 2 aromatic rings. The molecule has 0 radical (unpaired) electrons. The zero-order chi connectivity index (χ0) is 18.9. The minimum Gasteiger partial charge on any atom is -0.450 e. The van der Waals surface area contributed by atoms with Gasteiger partial charge in [0.25, 0.3) is 0 Å². The maximum Gasteiger partial charge on any atom is 0.411 e. The van der Waals surface area contributed by atoms with E-state index in [-0.39, 0.29) is 11.8 Å². The second-order valence-corrected chi connectivity index (χ2v) is 6.06. The summed E-state index contributed by atoms with van der Waals surface area (Å²) in [7, 11) is 0. The van der Waals surface area contributed by atoms with Crippen LogP contribution in [0.1, 0.15) is 43.7 Å². The molecule has 0 heterocycles. The first-order valence-electron chi connectivity index (χ1n) is 8.96. The molecule has 2 aromatic carbocycles. The second-order valence-electron chi connectivity index (χ2n) is 6.06. The van der Waals surface area contributed by atoms with Crippen LogP contribution in [-0.4, -0.2) is 18.6 Å². The average molecular weight is 354 g/mol. The first kappa shape index (κ1) is 19.5. The first-order valence-corrected chi connectivity index (χ1v) is 8.96. The van der Waals surface area contributed by atoms with Crippen molar-refractivity contribution in [3.63, 3.8) is 0 Å². The van der Waals surface area contributed by atoms with Crippen LogP contribution < -0.4 is 10.6 Å². The molecule has 0 aliphatic rings. The Morgan fingerprint density at radius 3 is 2.23 bits per heavy atom. The van der Waals surface area contributed by atoms with Crippen molar-refractivity contribution in [3.8, 4) is 0 Å². The highest BCUT2D eigenvalue weighted by molar-refractivity contribution is 5.97. The van der Waals surface area contributed by atoms with Crippen molar-refractivity contribution in [2.45, 2.75) is 39.5 Å². The van der Waals surface area contributed by atoms with Gasteiger partial charge in [0.1, 0.15) is 0 Å². The molecule has 0 aromatic heterocycles. The maximum atomic E-state index is 12.9. The molecule has 5 heteroatoms. The molecule has 2 N–H and O–H groups in total. The summed E-state index contributed by atoms with van der Waals surface area (Å²) in [6, 6.07) is 15.2. The largest absolute Gasteiger partial charge is 0.450 e. The van der Waals surface area contributed by atoms with Gasteiger partial charge in [-0.05, 0) is 43.5 Å². The fourth-order valence-electron chi connectivity index (χ4n) is 2.83. The lowest BCUT2D eigenvalue weighted by atomic mass is 9.93. The summed E-state index contributed by atoms with van der Waals surface area (Å²) >= 11 is 0. The number of benzene rings is 2. The van der Waals surface area contributed by atoms with Gasteiger partial charge in [-0.2, -0.15) is 0 Å². The van der Waals surface area contributed by atoms with Gasteiger partial charge in [0.15, 0.2) is 0 Å². The second kappa shape index (κ2) is 9.61. The molecule has 5 nitrogen and oxygen atoms in total. The minimum absolute atomic E-state index is 0.0468. The third kappa shape index (κ3) is 5.09. The molecule has 0 aliphatic carbocycles. The predicted octanol–water partition coefficient (Wildman–Crippen LogP) is 5.09. The van der Waals surface area contributed by atoms with Crippen molar-refractivity contribution in [2.24, 2.45) is 0 Å². The Balaban J connectivity index is 2.18. The normalized spacial score (nSPS) is 11.5. The number of carbonyl (C=O) groups excluding carboxylic acids is 2. The summed E-state index contributed by atoms with van der Waals surface area (Å²) in [4.78, 5) is 24.5. The fourth-order valence-corrected chi connectivity index (χ4v) is 2.83. The Kier molecular flexibility index (Phi) is 7.21. The number of rotatable bonds is 7. The molecule has 0 bridgehead atoms. The summed E-state index contributed by atoms with van der Waals surface area (Å²) in [6.45, 7) is 5.98. The van der Waals surface area contributed by atoms with Crippen molar-refractivity contribution in [3.05, 3.63) is 59.7 Å². The van der Waals surface area contributed by atoms with Crippen molar-refractivity contribution >= 4 is 23.4 Å². The molecule has 0 saturated heterocycles. The average Bonchev–Trinajstić information content (AvgIpc) is 2.64. The van der Waals surface area contributed by atoms with Crippen molar-refractivity contribution < 1.29 is 14.3 Å². The van der Waals surface area contributed by atoms with Gasteiger partial charge < -0.3 is 10.1 Å². The predicted molar refractivity (Wildman–Crippen MR) is 105 cm³/mol. The van der Waals surface area contributed by atoms with Crippen LogP contribution in [0.5, 0.6) is 0 Å². The molecule has 0 spiro atoms. The lowest BCUT2D eigenvalue weighted by molar-refractivity contribution is -0.117. The van der Waals surface area contributed by atoms with Crippen molar-refractivity contribution in [1.29, 1.82) is 0 Å². The zero-order valence-electron chi connectivity index (χ0n) is 15.5. The van der Waals surface area contributed by atoms with Crippen LogP contribution in [0, 0.1) is 6.92 Å². The Morgan fingerprint density at radius 1 is 0.962 bits per heavy atom. The molecular weight excluding hydrogens is 328 g/mol. The summed E-state index contributed by atoms with van der Waals surface area (Å²) in [6.07, 6.45) is 1.18.